The Morgan fingerprint density at radius 3 is 1.54 bits per heavy atom. The van der Waals surface area contributed by atoms with Gasteiger partial charge in [0, 0.05) is 22.4 Å². The Morgan fingerprint density at radius 1 is 0.405 bits per heavy atom. The van der Waals surface area contributed by atoms with E-state index in [9.17, 15) is 0 Å². The van der Waals surface area contributed by atoms with Crippen LogP contribution in [0.15, 0.2) is 158 Å². The summed E-state index contributed by atoms with van der Waals surface area (Å²) in [4.78, 5) is 10.5. The molecule has 0 fully saturated rings. The topological polar surface area (TPSA) is 25.8 Å². The lowest BCUT2D eigenvalue weighted by molar-refractivity contribution is 1.34. The first-order chi connectivity index (χ1) is 18.4. The zero-order valence-electron chi connectivity index (χ0n) is 20.4. The summed E-state index contributed by atoms with van der Waals surface area (Å²) >= 11 is 0. The standard InChI is InChI=1S/C34H26N2Si/c1-5-14-27(15-6-1)29-24-25-35-34(26-29)37(30-18-9-3-10-19-30,31-20-11-4-12-21-31)33-23-13-22-32(36-33)28-16-7-2-8-17-28/h1-26H. The van der Waals surface area contributed by atoms with E-state index in [1.807, 2.05) is 12.3 Å². The minimum absolute atomic E-state index is 0.973. The Bertz CT molecular complexity index is 1480. The van der Waals surface area contributed by atoms with Crippen LogP contribution in [0.2, 0.25) is 0 Å². The smallest absolute Gasteiger partial charge is 0.223 e. The van der Waals surface area contributed by atoms with Gasteiger partial charge in [0.15, 0.2) is 0 Å². The average molecular weight is 491 g/mol. The van der Waals surface area contributed by atoms with Gasteiger partial charge in [0.2, 0.25) is 8.07 Å². The molecule has 176 valence electrons. The van der Waals surface area contributed by atoms with E-state index in [2.05, 4.69) is 146 Å². The van der Waals surface area contributed by atoms with Crippen LogP contribution >= 0.6 is 0 Å². The lowest BCUT2D eigenvalue weighted by Gasteiger charge is -2.32. The van der Waals surface area contributed by atoms with Gasteiger partial charge in [-0.3, -0.25) is 9.97 Å². The van der Waals surface area contributed by atoms with E-state index >= 15 is 0 Å². The third kappa shape index (κ3) is 4.30. The van der Waals surface area contributed by atoms with Gasteiger partial charge in [-0.2, -0.15) is 0 Å². The molecular weight excluding hydrogens is 464 g/mol. The molecule has 4 aromatic carbocycles. The van der Waals surface area contributed by atoms with Crippen molar-refractivity contribution in [2.24, 2.45) is 0 Å². The number of hydrogen-bond donors (Lipinski definition) is 0. The molecule has 0 atom stereocenters. The van der Waals surface area contributed by atoms with Crippen molar-refractivity contribution in [1.82, 2.24) is 9.97 Å². The quantitative estimate of drug-likeness (QED) is 0.300. The largest absolute Gasteiger partial charge is 0.265 e. The molecule has 37 heavy (non-hydrogen) atoms. The molecule has 3 heteroatoms. The van der Waals surface area contributed by atoms with Crippen molar-refractivity contribution in [2.75, 3.05) is 0 Å². The predicted octanol–water partition coefficient (Wildman–Crippen LogP) is 5.19. The summed E-state index contributed by atoms with van der Waals surface area (Å²) in [5, 5.41) is 4.67. The molecule has 0 unspecified atom stereocenters. The second-order valence-electron chi connectivity index (χ2n) is 9.05. The van der Waals surface area contributed by atoms with Gasteiger partial charge in [-0.1, -0.05) is 127 Å². The summed E-state index contributed by atoms with van der Waals surface area (Å²) in [5.74, 6) is 0. The number of hydrogen-bond acceptors (Lipinski definition) is 2. The van der Waals surface area contributed by atoms with Gasteiger partial charge in [-0.05, 0) is 45.8 Å². The van der Waals surface area contributed by atoms with Crippen LogP contribution in [-0.2, 0) is 0 Å². The first-order valence-electron chi connectivity index (χ1n) is 12.5. The number of nitrogens with zero attached hydrogens (tertiary/aromatic N) is 2. The zero-order valence-corrected chi connectivity index (χ0v) is 21.4. The second kappa shape index (κ2) is 10.2. The van der Waals surface area contributed by atoms with Gasteiger partial charge in [-0.25, -0.2) is 0 Å². The van der Waals surface area contributed by atoms with Gasteiger partial charge < -0.3 is 0 Å². The van der Waals surface area contributed by atoms with Crippen molar-refractivity contribution in [3.05, 3.63) is 158 Å². The Kier molecular flexibility index (Phi) is 6.28. The van der Waals surface area contributed by atoms with E-state index in [-0.39, 0.29) is 0 Å². The number of rotatable bonds is 6. The van der Waals surface area contributed by atoms with Gasteiger partial charge in [0.1, 0.15) is 0 Å². The lowest BCUT2D eigenvalue weighted by Crippen LogP contribution is -2.76. The van der Waals surface area contributed by atoms with E-state index in [1.54, 1.807) is 0 Å². The molecule has 0 bridgehead atoms. The Balaban J connectivity index is 1.68. The summed E-state index contributed by atoms with van der Waals surface area (Å²) in [6.07, 6.45) is 1.95. The Labute approximate surface area is 219 Å². The maximum atomic E-state index is 5.37. The van der Waals surface area contributed by atoms with Crippen molar-refractivity contribution in [2.45, 2.75) is 0 Å². The highest BCUT2D eigenvalue weighted by Crippen LogP contribution is 2.20. The van der Waals surface area contributed by atoms with Crippen molar-refractivity contribution in [3.63, 3.8) is 0 Å². The average Bonchev–Trinajstić information content (AvgIpc) is 3.00. The predicted molar refractivity (Wildman–Crippen MR) is 157 cm³/mol. The summed E-state index contributed by atoms with van der Waals surface area (Å²) in [6, 6.07) is 53.4. The van der Waals surface area contributed by atoms with E-state index in [0.717, 1.165) is 27.5 Å². The molecule has 0 aliphatic carbocycles. The summed E-state index contributed by atoms with van der Waals surface area (Å²) in [7, 11) is -2.85. The van der Waals surface area contributed by atoms with E-state index in [1.165, 1.54) is 15.9 Å². The Hall–Kier alpha value is -4.60. The maximum absolute atomic E-state index is 5.37. The van der Waals surface area contributed by atoms with Crippen LogP contribution < -0.4 is 21.0 Å². The van der Waals surface area contributed by atoms with Crippen LogP contribution in [0.4, 0.5) is 0 Å². The van der Waals surface area contributed by atoms with Crippen LogP contribution in [0.5, 0.6) is 0 Å². The van der Waals surface area contributed by atoms with Crippen molar-refractivity contribution >= 4 is 29.1 Å². The maximum Gasteiger partial charge on any atom is 0.223 e. The van der Waals surface area contributed by atoms with Crippen molar-refractivity contribution in [3.8, 4) is 22.4 Å². The summed E-state index contributed by atoms with van der Waals surface area (Å²) in [5.41, 5.74) is 4.43. The van der Waals surface area contributed by atoms with Crippen molar-refractivity contribution < 1.29 is 0 Å². The number of aromatic nitrogens is 2. The number of pyridine rings is 2. The summed E-state index contributed by atoms with van der Waals surface area (Å²) in [6.45, 7) is 0. The van der Waals surface area contributed by atoms with Gasteiger partial charge in [0.25, 0.3) is 0 Å². The van der Waals surface area contributed by atoms with E-state index < -0.39 is 8.07 Å². The third-order valence-corrected chi connectivity index (χ3v) is 11.4. The van der Waals surface area contributed by atoms with Gasteiger partial charge in [0.05, 0.1) is 5.69 Å². The Morgan fingerprint density at radius 2 is 0.946 bits per heavy atom. The molecule has 0 aliphatic heterocycles. The van der Waals surface area contributed by atoms with Crippen molar-refractivity contribution in [1.29, 1.82) is 0 Å². The van der Waals surface area contributed by atoms with Crippen LogP contribution in [0.3, 0.4) is 0 Å². The lowest BCUT2D eigenvalue weighted by atomic mass is 10.1. The SMILES string of the molecule is c1ccc(-c2ccnc([Si](c3ccccc3)(c3ccccc3)c3cccc(-c4ccccc4)n3)c2)cc1. The van der Waals surface area contributed by atoms with Gasteiger partial charge >= 0.3 is 0 Å². The number of benzene rings is 4. The first-order valence-corrected chi connectivity index (χ1v) is 14.5. The van der Waals surface area contributed by atoms with Crippen LogP contribution in [-0.4, -0.2) is 18.0 Å². The molecule has 2 aromatic heterocycles. The van der Waals surface area contributed by atoms with Crippen LogP contribution in [0.25, 0.3) is 22.4 Å². The first kappa shape index (κ1) is 22.8. The molecular formula is C34H26N2Si. The fourth-order valence-electron chi connectivity index (χ4n) is 5.12. The van der Waals surface area contributed by atoms with Crippen LogP contribution in [0, 0.1) is 0 Å². The minimum atomic E-state index is -2.85. The van der Waals surface area contributed by atoms with E-state index in [4.69, 9.17) is 9.97 Å². The molecule has 0 radical (unpaired) electrons. The van der Waals surface area contributed by atoms with Gasteiger partial charge in [-0.15, -0.1) is 0 Å². The molecule has 6 rings (SSSR count). The molecule has 2 heterocycles. The fourth-order valence-corrected chi connectivity index (χ4v) is 9.56. The second-order valence-corrected chi connectivity index (χ2v) is 12.7. The minimum Gasteiger partial charge on any atom is -0.265 e. The molecule has 0 N–H and O–H groups in total. The molecule has 0 spiro atoms. The molecule has 0 saturated carbocycles. The third-order valence-electron chi connectivity index (χ3n) is 6.87. The van der Waals surface area contributed by atoms with E-state index in [0.29, 0.717) is 0 Å². The van der Waals surface area contributed by atoms with Crippen LogP contribution in [0.1, 0.15) is 0 Å². The monoisotopic (exact) mass is 490 g/mol. The molecule has 0 saturated heterocycles. The molecule has 2 nitrogen and oxygen atoms in total. The normalized spacial score (nSPS) is 11.2. The fraction of sp³-hybridized carbons (Fsp3) is 0. The highest BCUT2D eigenvalue weighted by Gasteiger charge is 2.44. The highest BCUT2D eigenvalue weighted by molar-refractivity contribution is 7.19. The summed E-state index contributed by atoms with van der Waals surface area (Å²) < 4.78 is 0. The molecule has 6 aromatic rings. The zero-order chi connectivity index (χ0) is 24.9. The molecule has 0 aliphatic rings. The molecule has 0 amide bonds. The highest BCUT2D eigenvalue weighted by atomic mass is 28.3.